The second-order valence-corrected chi connectivity index (χ2v) is 9.28. The van der Waals surface area contributed by atoms with E-state index in [1.54, 1.807) is 6.33 Å². The third-order valence-corrected chi connectivity index (χ3v) is 5.77. The van der Waals surface area contributed by atoms with Crippen molar-refractivity contribution < 1.29 is 9.53 Å². The normalized spacial score (nSPS) is 15.4. The molecule has 1 amide bonds. The van der Waals surface area contributed by atoms with E-state index in [4.69, 9.17) is 9.72 Å². The number of amides is 1. The van der Waals surface area contributed by atoms with Gasteiger partial charge in [0.15, 0.2) is 5.65 Å². The van der Waals surface area contributed by atoms with Crippen LogP contribution < -0.4 is 0 Å². The van der Waals surface area contributed by atoms with Gasteiger partial charge in [-0.1, -0.05) is 30.3 Å². The number of imidazole rings is 1. The first-order valence-corrected chi connectivity index (χ1v) is 11.0. The molecule has 3 aromatic rings. The molecule has 31 heavy (non-hydrogen) atoms. The summed E-state index contributed by atoms with van der Waals surface area (Å²) in [6.45, 7) is 10.0. The van der Waals surface area contributed by atoms with Crippen LogP contribution in [0.25, 0.3) is 22.6 Å². The van der Waals surface area contributed by atoms with Crippen molar-refractivity contribution in [1.29, 1.82) is 0 Å². The molecule has 1 fully saturated rings. The predicted molar refractivity (Wildman–Crippen MR) is 121 cm³/mol. The van der Waals surface area contributed by atoms with Crippen LogP contribution in [0.15, 0.2) is 36.7 Å². The van der Waals surface area contributed by atoms with Crippen molar-refractivity contribution in [3.8, 4) is 11.4 Å². The number of carbonyl (C=O) groups excluding carboxylic acids is 1. The van der Waals surface area contributed by atoms with Crippen molar-refractivity contribution in [2.75, 3.05) is 13.1 Å². The van der Waals surface area contributed by atoms with Crippen molar-refractivity contribution in [2.24, 2.45) is 5.92 Å². The Kier molecular flexibility index (Phi) is 5.94. The van der Waals surface area contributed by atoms with Crippen LogP contribution in [0.3, 0.4) is 0 Å². The zero-order valence-corrected chi connectivity index (χ0v) is 18.8. The van der Waals surface area contributed by atoms with E-state index in [0.717, 1.165) is 67.1 Å². The number of hydrogen-bond acceptors (Lipinski definition) is 5. The summed E-state index contributed by atoms with van der Waals surface area (Å²) in [6.07, 6.45) is 4.41. The Morgan fingerprint density at radius 2 is 1.84 bits per heavy atom. The Balaban J connectivity index is 1.46. The minimum atomic E-state index is -0.454. The van der Waals surface area contributed by atoms with Gasteiger partial charge in [0.1, 0.15) is 23.3 Å². The molecule has 0 bridgehead atoms. The fraction of sp³-hybridized carbons (Fsp3) is 0.500. The van der Waals surface area contributed by atoms with Crippen LogP contribution >= 0.6 is 0 Å². The van der Waals surface area contributed by atoms with E-state index >= 15 is 0 Å². The van der Waals surface area contributed by atoms with E-state index in [0.29, 0.717) is 5.92 Å². The first kappa shape index (κ1) is 21.3. The summed E-state index contributed by atoms with van der Waals surface area (Å²) >= 11 is 0. The smallest absolute Gasteiger partial charge is 0.410 e. The van der Waals surface area contributed by atoms with Crippen molar-refractivity contribution in [3.63, 3.8) is 0 Å². The lowest BCUT2D eigenvalue weighted by Gasteiger charge is -2.33. The van der Waals surface area contributed by atoms with Crippen LogP contribution in [-0.4, -0.2) is 49.2 Å². The van der Waals surface area contributed by atoms with Crippen molar-refractivity contribution in [2.45, 2.75) is 59.1 Å². The van der Waals surface area contributed by atoms with Gasteiger partial charge in [0, 0.05) is 25.2 Å². The van der Waals surface area contributed by atoms with Crippen LogP contribution in [0, 0.1) is 12.8 Å². The number of carbonyl (C=O) groups is 1. The molecular formula is C24H31N5O2. The number of likely N-dealkylation sites (tertiary alicyclic amines) is 1. The SMILES string of the molecule is Cc1ncnc2c1nc(-c1ccccc1)n2CCC1CCN(C(=O)OC(C)(C)C)CC1. The van der Waals surface area contributed by atoms with Crippen molar-refractivity contribution >= 4 is 17.3 Å². The highest BCUT2D eigenvalue weighted by atomic mass is 16.6. The molecule has 0 unspecified atom stereocenters. The Labute approximate surface area is 183 Å². The van der Waals surface area contributed by atoms with Gasteiger partial charge in [-0.3, -0.25) is 0 Å². The van der Waals surface area contributed by atoms with Gasteiger partial charge in [0.25, 0.3) is 0 Å². The summed E-state index contributed by atoms with van der Waals surface area (Å²) in [5.41, 5.74) is 3.27. The standard InChI is InChI=1S/C24H31N5O2/c1-17-20-22(26-16-25-17)29(21(27-20)19-8-6-5-7-9-19)15-12-18-10-13-28(14-11-18)23(30)31-24(2,3)4/h5-9,16,18H,10-15H2,1-4H3. The fourth-order valence-corrected chi connectivity index (χ4v) is 4.11. The number of aryl methyl sites for hydroxylation is 2. The molecule has 0 saturated carbocycles. The second kappa shape index (κ2) is 8.65. The van der Waals surface area contributed by atoms with Crippen LogP contribution in [0.2, 0.25) is 0 Å². The summed E-state index contributed by atoms with van der Waals surface area (Å²) < 4.78 is 7.74. The minimum absolute atomic E-state index is 0.204. The molecule has 1 aliphatic rings. The molecule has 1 aromatic carbocycles. The van der Waals surface area contributed by atoms with E-state index in [2.05, 4.69) is 26.7 Å². The lowest BCUT2D eigenvalue weighted by molar-refractivity contribution is 0.0180. The molecule has 4 rings (SSSR count). The van der Waals surface area contributed by atoms with E-state index < -0.39 is 5.60 Å². The van der Waals surface area contributed by atoms with Crippen LogP contribution in [-0.2, 0) is 11.3 Å². The number of hydrogen-bond donors (Lipinski definition) is 0. The van der Waals surface area contributed by atoms with Gasteiger partial charge in [0.2, 0.25) is 0 Å². The number of piperidine rings is 1. The fourth-order valence-electron chi connectivity index (χ4n) is 4.11. The largest absolute Gasteiger partial charge is 0.444 e. The summed E-state index contributed by atoms with van der Waals surface area (Å²) in [5.74, 6) is 1.49. The Morgan fingerprint density at radius 1 is 1.13 bits per heavy atom. The zero-order valence-electron chi connectivity index (χ0n) is 18.8. The van der Waals surface area contributed by atoms with Gasteiger partial charge in [-0.25, -0.2) is 19.7 Å². The van der Waals surface area contributed by atoms with Crippen LogP contribution in [0.4, 0.5) is 4.79 Å². The number of benzene rings is 1. The Morgan fingerprint density at radius 3 is 2.52 bits per heavy atom. The van der Waals surface area contributed by atoms with Gasteiger partial charge < -0.3 is 14.2 Å². The highest BCUT2D eigenvalue weighted by Crippen LogP contribution is 2.28. The maximum absolute atomic E-state index is 12.3. The average Bonchev–Trinajstić information content (AvgIpc) is 3.12. The number of rotatable bonds is 4. The van der Waals surface area contributed by atoms with Crippen molar-refractivity contribution in [1.82, 2.24) is 24.4 Å². The number of aromatic nitrogens is 4. The molecular weight excluding hydrogens is 390 g/mol. The highest BCUT2D eigenvalue weighted by molar-refractivity contribution is 5.78. The quantitative estimate of drug-likeness (QED) is 0.603. The highest BCUT2D eigenvalue weighted by Gasteiger charge is 2.27. The number of nitrogens with zero attached hydrogens (tertiary/aromatic N) is 5. The van der Waals surface area contributed by atoms with Gasteiger partial charge >= 0.3 is 6.09 Å². The Bertz CT molecular complexity index is 1050. The maximum atomic E-state index is 12.3. The summed E-state index contributed by atoms with van der Waals surface area (Å²) in [4.78, 5) is 27.9. The summed E-state index contributed by atoms with van der Waals surface area (Å²) in [6, 6.07) is 10.2. The lowest BCUT2D eigenvalue weighted by atomic mass is 9.93. The molecule has 3 heterocycles. The van der Waals surface area contributed by atoms with Crippen molar-refractivity contribution in [3.05, 3.63) is 42.4 Å². The molecule has 1 aliphatic heterocycles. The number of ether oxygens (including phenoxy) is 1. The van der Waals surface area contributed by atoms with Crippen LogP contribution in [0.5, 0.6) is 0 Å². The number of fused-ring (bicyclic) bond motifs is 1. The molecule has 164 valence electrons. The Hall–Kier alpha value is -2.96. The van der Waals surface area contributed by atoms with E-state index in [9.17, 15) is 4.79 Å². The molecule has 1 saturated heterocycles. The van der Waals surface area contributed by atoms with Gasteiger partial charge in [-0.05, 0) is 52.9 Å². The first-order chi connectivity index (χ1) is 14.8. The van der Waals surface area contributed by atoms with Gasteiger partial charge in [-0.15, -0.1) is 0 Å². The van der Waals surface area contributed by atoms with Gasteiger partial charge in [-0.2, -0.15) is 0 Å². The molecule has 0 N–H and O–H groups in total. The zero-order chi connectivity index (χ0) is 22.0. The third-order valence-electron chi connectivity index (χ3n) is 5.77. The monoisotopic (exact) mass is 421 g/mol. The molecule has 0 aliphatic carbocycles. The molecule has 0 atom stereocenters. The maximum Gasteiger partial charge on any atom is 0.410 e. The third kappa shape index (κ3) is 4.86. The van der Waals surface area contributed by atoms with E-state index in [1.807, 2.05) is 50.8 Å². The average molecular weight is 422 g/mol. The molecule has 2 aromatic heterocycles. The second-order valence-electron chi connectivity index (χ2n) is 9.28. The summed E-state index contributed by atoms with van der Waals surface area (Å²) in [7, 11) is 0. The van der Waals surface area contributed by atoms with Crippen LogP contribution in [0.1, 0.15) is 45.7 Å². The summed E-state index contributed by atoms with van der Waals surface area (Å²) in [5, 5.41) is 0. The molecule has 7 nitrogen and oxygen atoms in total. The topological polar surface area (TPSA) is 73.1 Å². The minimum Gasteiger partial charge on any atom is -0.444 e. The first-order valence-electron chi connectivity index (χ1n) is 11.0. The molecule has 7 heteroatoms. The molecule has 0 spiro atoms. The van der Waals surface area contributed by atoms with E-state index in [-0.39, 0.29) is 6.09 Å². The molecule has 0 radical (unpaired) electrons. The van der Waals surface area contributed by atoms with Gasteiger partial charge in [0.05, 0.1) is 5.69 Å². The predicted octanol–water partition coefficient (Wildman–Crippen LogP) is 4.84. The van der Waals surface area contributed by atoms with E-state index in [1.165, 1.54) is 0 Å². The lowest BCUT2D eigenvalue weighted by Crippen LogP contribution is -2.41.